The van der Waals surface area contributed by atoms with Crippen molar-refractivity contribution in [3.8, 4) is 0 Å². The van der Waals surface area contributed by atoms with Crippen LogP contribution in [0.2, 0.25) is 0 Å². The fraction of sp³-hybridized carbons (Fsp3) is 0.286. The standard InChI is InChI=1S/C7H8F2N6/c8-7(9)15-2-1-11-6(15)4-14-3-5(10)12-13-14/h1-3,7H,4,10H2. The van der Waals surface area contributed by atoms with Gasteiger partial charge < -0.3 is 5.73 Å². The lowest BCUT2D eigenvalue weighted by molar-refractivity contribution is 0.0665. The molecule has 2 aromatic heterocycles. The molecule has 2 N–H and O–H groups in total. The van der Waals surface area contributed by atoms with Gasteiger partial charge in [-0.3, -0.25) is 4.57 Å². The summed E-state index contributed by atoms with van der Waals surface area (Å²) in [5, 5.41) is 7.17. The highest BCUT2D eigenvalue weighted by Crippen LogP contribution is 2.12. The number of hydrogen-bond acceptors (Lipinski definition) is 4. The molecule has 0 aromatic carbocycles. The molecule has 2 heterocycles. The second-order valence-electron chi connectivity index (χ2n) is 2.87. The van der Waals surface area contributed by atoms with Crippen LogP contribution < -0.4 is 5.73 Å². The van der Waals surface area contributed by atoms with Gasteiger partial charge in [0.15, 0.2) is 5.82 Å². The lowest BCUT2D eigenvalue weighted by Gasteiger charge is -2.05. The molecule has 0 radical (unpaired) electrons. The highest BCUT2D eigenvalue weighted by molar-refractivity contribution is 5.20. The Labute approximate surface area is 83.3 Å². The molecule has 80 valence electrons. The fourth-order valence-corrected chi connectivity index (χ4v) is 1.18. The lowest BCUT2D eigenvalue weighted by atomic mass is 10.6. The Morgan fingerprint density at radius 1 is 1.47 bits per heavy atom. The van der Waals surface area contributed by atoms with Crippen LogP contribution in [0.1, 0.15) is 12.4 Å². The minimum absolute atomic E-state index is 0.113. The van der Waals surface area contributed by atoms with Gasteiger partial charge in [-0.05, 0) is 0 Å². The van der Waals surface area contributed by atoms with E-state index in [1.165, 1.54) is 23.3 Å². The Morgan fingerprint density at radius 3 is 2.87 bits per heavy atom. The molecule has 0 fully saturated rings. The molecule has 0 aliphatic heterocycles. The number of hydrogen-bond donors (Lipinski definition) is 1. The van der Waals surface area contributed by atoms with Crippen molar-refractivity contribution in [3.05, 3.63) is 24.4 Å². The maximum atomic E-state index is 12.4. The van der Waals surface area contributed by atoms with E-state index >= 15 is 0 Å². The van der Waals surface area contributed by atoms with E-state index in [9.17, 15) is 8.78 Å². The monoisotopic (exact) mass is 214 g/mol. The zero-order valence-electron chi connectivity index (χ0n) is 7.59. The predicted molar refractivity (Wildman–Crippen MR) is 47.0 cm³/mol. The summed E-state index contributed by atoms with van der Waals surface area (Å²) in [6.45, 7) is -2.50. The van der Waals surface area contributed by atoms with Crippen molar-refractivity contribution in [2.24, 2.45) is 0 Å². The van der Waals surface area contributed by atoms with Gasteiger partial charge in [0.25, 0.3) is 0 Å². The fourth-order valence-electron chi connectivity index (χ4n) is 1.18. The van der Waals surface area contributed by atoms with Gasteiger partial charge in [0.1, 0.15) is 12.4 Å². The third kappa shape index (κ3) is 1.92. The van der Waals surface area contributed by atoms with Gasteiger partial charge in [-0.1, -0.05) is 5.21 Å². The summed E-state index contributed by atoms with van der Waals surface area (Å²) < 4.78 is 26.9. The summed E-state index contributed by atoms with van der Waals surface area (Å²) in [6, 6.07) is 0. The normalized spacial score (nSPS) is 11.1. The van der Waals surface area contributed by atoms with E-state index in [1.54, 1.807) is 0 Å². The molecule has 6 nitrogen and oxygen atoms in total. The van der Waals surface area contributed by atoms with E-state index in [0.717, 1.165) is 4.57 Å². The molecule has 0 spiro atoms. The molecule has 0 bridgehead atoms. The first-order valence-corrected chi connectivity index (χ1v) is 4.12. The van der Waals surface area contributed by atoms with Crippen molar-refractivity contribution >= 4 is 5.82 Å². The van der Waals surface area contributed by atoms with Gasteiger partial charge in [-0.25, -0.2) is 9.67 Å². The zero-order valence-corrected chi connectivity index (χ0v) is 7.59. The van der Waals surface area contributed by atoms with Gasteiger partial charge in [0, 0.05) is 12.4 Å². The summed E-state index contributed by atoms with van der Waals surface area (Å²) >= 11 is 0. The predicted octanol–water partition coefficient (Wildman–Crippen LogP) is 0.500. The number of nitrogens with zero attached hydrogens (tertiary/aromatic N) is 5. The lowest BCUT2D eigenvalue weighted by Crippen LogP contribution is -2.09. The molecule has 0 unspecified atom stereocenters. The summed E-state index contributed by atoms with van der Waals surface area (Å²) in [7, 11) is 0. The minimum atomic E-state index is -2.61. The number of aromatic nitrogens is 5. The molecule has 0 atom stereocenters. The van der Waals surface area contributed by atoms with Crippen molar-refractivity contribution < 1.29 is 8.78 Å². The summed E-state index contributed by atoms with van der Waals surface area (Å²) in [5.41, 5.74) is 5.34. The molecule has 0 saturated carbocycles. The molecule has 0 saturated heterocycles. The number of rotatable bonds is 3. The first kappa shape index (κ1) is 9.56. The Bertz CT molecular complexity index is 448. The quantitative estimate of drug-likeness (QED) is 0.807. The largest absolute Gasteiger partial charge is 0.381 e. The van der Waals surface area contributed by atoms with Crippen molar-refractivity contribution in [1.29, 1.82) is 0 Å². The second-order valence-corrected chi connectivity index (χ2v) is 2.87. The van der Waals surface area contributed by atoms with E-state index in [-0.39, 0.29) is 18.2 Å². The Kier molecular flexibility index (Phi) is 2.32. The van der Waals surface area contributed by atoms with Crippen LogP contribution in [0, 0.1) is 0 Å². The van der Waals surface area contributed by atoms with Gasteiger partial charge in [0.05, 0.1) is 6.20 Å². The van der Waals surface area contributed by atoms with Crippen LogP contribution in [0.5, 0.6) is 0 Å². The van der Waals surface area contributed by atoms with Crippen molar-refractivity contribution in [2.45, 2.75) is 13.1 Å². The second kappa shape index (κ2) is 3.64. The summed E-state index contributed by atoms with van der Waals surface area (Å²) in [4.78, 5) is 3.80. The average molecular weight is 214 g/mol. The number of halogens is 2. The van der Waals surface area contributed by atoms with Crippen molar-refractivity contribution in [3.63, 3.8) is 0 Å². The molecule has 2 aromatic rings. The van der Waals surface area contributed by atoms with Gasteiger partial charge in [0.2, 0.25) is 0 Å². The third-order valence-electron chi connectivity index (χ3n) is 1.82. The molecule has 0 aliphatic rings. The van der Waals surface area contributed by atoms with Crippen LogP contribution in [0.15, 0.2) is 18.6 Å². The van der Waals surface area contributed by atoms with E-state index < -0.39 is 6.55 Å². The SMILES string of the molecule is Nc1cn(Cc2nccn2C(F)F)nn1. The van der Waals surface area contributed by atoms with Crippen LogP contribution in [-0.2, 0) is 6.54 Å². The van der Waals surface area contributed by atoms with Crippen LogP contribution in [0.3, 0.4) is 0 Å². The molecule has 0 amide bonds. The molecule has 0 aliphatic carbocycles. The highest BCUT2D eigenvalue weighted by atomic mass is 19.3. The van der Waals surface area contributed by atoms with Gasteiger partial charge in [-0.15, -0.1) is 5.10 Å². The number of anilines is 1. The summed E-state index contributed by atoms with van der Waals surface area (Å²) in [6.07, 6.45) is 3.96. The molecular formula is C7H8F2N6. The minimum Gasteiger partial charge on any atom is -0.381 e. The number of imidazole rings is 1. The first-order valence-electron chi connectivity index (χ1n) is 4.12. The number of nitrogen functional groups attached to an aromatic ring is 1. The third-order valence-corrected chi connectivity index (χ3v) is 1.82. The molecule has 2 rings (SSSR count). The number of nitrogens with two attached hydrogens (primary N) is 1. The highest BCUT2D eigenvalue weighted by Gasteiger charge is 2.11. The van der Waals surface area contributed by atoms with Gasteiger partial charge in [-0.2, -0.15) is 8.78 Å². The van der Waals surface area contributed by atoms with E-state index in [0.29, 0.717) is 0 Å². The summed E-state index contributed by atoms with van der Waals surface area (Å²) in [5.74, 6) is 0.444. The number of alkyl halides is 2. The van der Waals surface area contributed by atoms with Crippen LogP contribution >= 0.6 is 0 Å². The Balaban J connectivity index is 2.20. The van der Waals surface area contributed by atoms with Crippen molar-refractivity contribution in [1.82, 2.24) is 24.5 Å². The van der Waals surface area contributed by atoms with E-state index in [1.807, 2.05) is 0 Å². The van der Waals surface area contributed by atoms with Gasteiger partial charge >= 0.3 is 6.55 Å². The average Bonchev–Trinajstić information content (AvgIpc) is 2.75. The molecule has 8 heteroatoms. The molecule has 15 heavy (non-hydrogen) atoms. The van der Waals surface area contributed by atoms with Crippen LogP contribution in [0.4, 0.5) is 14.6 Å². The smallest absolute Gasteiger partial charge is 0.319 e. The Morgan fingerprint density at radius 2 is 2.27 bits per heavy atom. The maximum Gasteiger partial charge on any atom is 0.319 e. The maximum absolute atomic E-state index is 12.4. The first-order chi connectivity index (χ1) is 7.16. The topological polar surface area (TPSA) is 74.6 Å². The zero-order chi connectivity index (χ0) is 10.8. The van der Waals surface area contributed by atoms with Crippen molar-refractivity contribution in [2.75, 3.05) is 5.73 Å². The van der Waals surface area contributed by atoms with E-state index in [2.05, 4.69) is 15.3 Å². The van der Waals surface area contributed by atoms with Crippen LogP contribution in [-0.4, -0.2) is 24.5 Å². The van der Waals surface area contributed by atoms with E-state index in [4.69, 9.17) is 5.73 Å². The van der Waals surface area contributed by atoms with Crippen LogP contribution in [0.25, 0.3) is 0 Å². The molecular weight excluding hydrogens is 206 g/mol. The Hall–Kier alpha value is -1.99.